The van der Waals surface area contributed by atoms with Crippen molar-refractivity contribution in [3.63, 3.8) is 0 Å². The first kappa shape index (κ1) is 28.0. The van der Waals surface area contributed by atoms with Gasteiger partial charge in [-0.15, -0.1) is 0 Å². The molecule has 1 amide bonds. The smallest absolute Gasteiger partial charge is 0.388 e. The predicted octanol–water partition coefficient (Wildman–Crippen LogP) is 3.11. The average molecular weight is 543 g/mol. The van der Waals surface area contributed by atoms with Crippen molar-refractivity contribution < 1.29 is 31.9 Å². The number of amides is 1. The Morgan fingerprint density at radius 2 is 1.95 bits per heavy atom. The summed E-state index contributed by atoms with van der Waals surface area (Å²) in [6, 6.07) is 4.16. The summed E-state index contributed by atoms with van der Waals surface area (Å²) in [4.78, 5) is 22.6. The summed E-state index contributed by atoms with van der Waals surface area (Å²) < 4.78 is 68.1. The molecule has 1 aromatic carbocycles. The lowest BCUT2D eigenvalue weighted by molar-refractivity contribution is -0.137. The highest BCUT2D eigenvalue weighted by Crippen LogP contribution is 2.36. The first-order chi connectivity index (χ1) is 17.8. The molecule has 0 unspecified atom stereocenters. The van der Waals surface area contributed by atoms with Gasteiger partial charge in [-0.2, -0.15) is 17.6 Å². The minimum Gasteiger partial charge on any atom is -0.388 e. The Morgan fingerprint density at radius 3 is 2.53 bits per heavy atom. The monoisotopic (exact) mass is 542 g/mol. The highest BCUT2D eigenvalue weighted by Gasteiger charge is 2.39. The molecule has 2 heterocycles. The van der Waals surface area contributed by atoms with Gasteiger partial charge >= 0.3 is 6.18 Å². The van der Waals surface area contributed by atoms with Crippen LogP contribution in [0.4, 0.5) is 33.6 Å². The lowest BCUT2D eigenvalue weighted by Gasteiger charge is -2.42. The van der Waals surface area contributed by atoms with Crippen molar-refractivity contribution in [1.29, 1.82) is 0 Å². The lowest BCUT2D eigenvalue weighted by atomic mass is 9.82. The Labute approximate surface area is 217 Å². The number of aliphatic hydroxyl groups is 1. The number of piperidine rings is 1. The van der Waals surface area contributed by atoms with E-state index in [1.54, 1.807) is 16.7 Å². The third-order valence-corrected chi connectivity index (χ3v) is 7.29. The number of likely N-dealkylation sites (tertiary alicyclic amines) is 1. The van der Waals surface area contributed by atoms with Gasteiger partial charge in [0.05, 0.1) is 17.7 Å². The molecule has 0 bridgehead atoms. The van der Waals surface area contributed by atoms with E-state index in [0.717, 1.165) is 12.1 Å². The summed E-state index contributed by atoms with van der Waals surface area (Å²) in [5, 5.41) is 13.8. The van der Waals surface area contributed by atoms with Gasteiger partial charge in [-0.1, -0.05) is 12.1 Å². The summed E-state index contributed by atoms with van der Waals surface area (Å²) in [7, 11) is 0. The number of carbonyl (C=O) groups excluding carboxylic acids is 1. The maximum atomic E-state index is 15.6. The van der Waals surface area contributed by atoms with Crippen LogP contribution < -0.4 is 16.0 Å². The van der Waals surface area contributed by atoms with Gasteiger partial charge in [0.25, 0.3) is 0 Å². The van der Waals surface area contributed by atoms with E-state index in [-0.39, 0.29) is 62.6 Å². The van der Waals surface area contributed by atoms with Crippen LogP contribution in [-0.2, 0) is 17.5 Å². The number of aromatic nitrogens is 2. The summed E-state index contributed by atoms with van der Waals surface area (Å²) in [6.45, 7) is 2.68. The molecule has 13 heteroatoms. The Morgan fingerprint density at radius 1 is 1.26 bits per heavy atom. The minimum atomic E-state index is -4.48. The van der Waals surface area contributed by atoms with E-state index in [9.17, 15) is 27.5 Å². The molecule has 1 aliphatic carbocycles. The summed E-state index contributed by atoms with van der Waals surface area (Å²) in [6.07, 6.45) is -3.51. The van der Waals surface area contributed by atoms with Crippen molar-refractivity contribution in [3.05, 3.63) is 47.5 Å². The number of hydrogen-bond donors (Lipinski definition) is 3. The molecule has 2 aliphatic rings. The number of hydrogen-bond acceptors (Lipinski definition) is 7. The first-order valence-electron chi connectivity index (χ1n) is 12.4. The summed E-state index contributed by atoms with van der Waals surface area (Å²) in [5.74, 6) is -1.71. The van der Waals surface area contributed by atoms with E-state index in [4.69, 9.17) is 5.73 Å². The molecule has 0 spiro atoms. The van der Waals surface area contributed by atoms with Crippen LogP contribution in [0.15, 0.2) is 30.6 Å². The van der Waals surface area contributed by atoms with Crippen molar-refractivity contribution in [3.8, 4) is 0 Å². The predicted molar refractivity (Wildman–Crippen MR) is 130 cm³/mol. The number of nitrogens with zero attached hydrogens (tertiary/aromatic N) is 4. The maximum Gasteiger partial charge on any atom is 0.416 e. The van der Waals surface area contributed by atoms with Crippen molar-refractivity contribution in [2.45, 2.75) is 56.7 Å². The molecule has 4 rings (SSSR count). The highest BCUT2D eigenvalue weighted by molar-refractivity contribution is 5.75. The van der Waals surface area contributed by atoms with Crippen LogP contribution >= 0.6 is 0 Å². The fraction of sp³-hybridized carbons (Fsp3) is 0.560. The third-order valence-electron chi connectivity index (χ3n) is 7.29. The molecule has 4 N–H and O–H groups in total. The second-order valence-corrected chi connectivity index (χ2v) is 10.3. The van der Waals surface area contributed by atoms with Gasteiger partial charge in [0, 0.05) is 31.6 Å². The molecule has 0 radical (unpaired) electrons. The molecule has 38 heavy (non-hydrogen) atoms. The number of β-amino-alcohol motifs (C(OH)–C–C–N with tert-alkyl or cyclic N) is 1. The Balaban J connectivity index is 1.49. The molecule has 1 aliphatic heterocycles. The number of alkyl halides is 4. The van der Waals surface area contributed by atoms with Crippen LogP contribution in [0.3, 0.4) is 0 Å². The molecule has 1 saturated carbocycles. The summed E-state index contributed by atoms with van der Waals surface area (Å²) in [5.41, 5.74) is 3.79. The van der Waals surface area contributed by atoms with Crippen molar-refractivity contribution >= 4 is 17.5 Å². The Bertz CT molecular complexity index is 1120. The number of benzene rings is 1. The van der Waals surface area contributed by atoms with Crippen molar-refractivity contribution in [2.24, 2.45) is 11.7 Å². The zero-order chi connectivity index (χ0) is 27.7. The van der Waals surface area contributed by atoms with Crippen molar-refractivity contribution in [1.82, 2.24) is 14.9 Å². The molecular weight excluding hydrogens is 511 g/mol. The van der Waals surface area contributed by atoms with Crippen LogP contribution in [0.25, 0.3) is 0 Å². The maximum absolute atomic E-state index is 15.6. The van der Waals surface area contributed by atoms with E-state index in [1.165, 1.54) is 18.5 Å². The number of carbonyl (C=O) groups is 1. The van der Waals surface area contributed by atoms with Crippen LogP contribution in [0, 0.1) is 11.7 Å². The van der Waals surface area contributed by atoms with E-state index < -0.39 is 35.2 Å². The molecule has 1 saturated heterocycles. The van der Waals surface area contributed by atoms with Gasteiger partial charge < -0.3 is 21.1 Å². The lowest BCUT2D eigenvalue weighted by Crippen LogP contribution is -2.55. The fourth-order valence-electron chi connectivity index (χ4n) is 5.04. The van der Waals surface area contributed by atoms with Gasteiger partial charge in [0.1, 0.15) is 12.5 Å². The number of primary amides is 1. The van der Waals surface area contributed by atoms with Crippen LogP contribution in [-0.4, -0.2) is 69.9 Å². The largest absolute Gasteiger partial charge is 0.416 e. The van der Waals surface area contributed by atoms with Crippen LogP contribution in [0.5, 0.6) is 0 Å². The average Bonchev–Trinajstić information content (AvgIpc) is 2.80. The van der Waals surface area contributed by atoms with Gasteiger partial charge in [-0.05, 0) is 50.4 Å². The number of nitrogens with two attached hydrogens (primary N) is 1. The molecule has 2 fully saturated rings. The van der Waals surface area contributed by atoms with E-state index in [0.29, 0.717) is 18.5 Å². The van der Waals surface area contributed by atoms with Crippen LogP contribution in [0.2, 0.25) is 0 Å². The second-order valence-electron chi connectivity index (χ2n) is 10.3. The number of halogens is 5. The number of anilines is 2. The highest BCUT2D eigenvalue weighted by atomic mass is 19.4. The summed E-state index contributed by atoms with van der Waals surface area (Å²) >= 11 is 0. The molecule has 2 atom stereocenters. The third kappa shape index (κ3) is 6.49. The zero-order valence-electron chi connectivity index (χ0n) is 20.9. The second kappa shape index (κ2) is 11.0. The van der Waals surface area contributed by atoms with E-state index >= 15 is 4.39 Å². The topological polar surface area (TPSA) is 108 Å². The fourth-order valence-corrected chi connectivity index (χ4v) is 5.04. The quantitative estimate of drug-likeness (QED) is 0.418. The number of rotatable bonds is 9. The van der Waals surface area contributed by atoms with Crippen LogP contribution in [0.1, 0.15) is 37.3 Å². The van der Waals surface area contributed by atoms with Gasteiger partial charge in [0.15, 0.2) is 11.6 Å². The van der Waals surface area contributed by atoms with Gasteiger partial charge in [0.2, 0.25) is 11.7 Å². The van der Waals surface area contributed by atoms with E-state index in [1.807, 2.05) is 0 Å². The number of nitrogens with one attached hydrogen (secondary N) is 1. The SMILES string of the molecule is C[C@]1(O)CN(CC(N)=O)CC[C@H]1CNc1ncnc(N(Cc2ccc(C(F)(F)F)cc2)[C@H]2C[C@@H](F)C2)c1F. The van der Waals surface area contributed by atoms with Crippen molar-refractivity contribution in [2.75, 3.05) is 36.4 Å². The Kier molecular flexibility index (Phi) is 8.07. The molecule has 208 valence electrons. The molecule has 8 nitrogen and oxygen atoms in total. The Hall–Kier alpha value is -3.06. The molecular formula is C25H31F5N6O2. The zero-order valence-corrected chi connectivity index (χ0v) is 20.9. The standard InChI is InChI=1S/C25H31F5N6O2/c1-24(38)13-35(12-20(31)37)7-6-17(24)10-32-22-21(27)23(34-14-33-22)36(19-8-18(26)9-19)11-15-2-4-16(5-3-15)25(28,29)30/h2-5,14,17-19,38H,6-13H2,1H3,(H2,31,37)(H,32,33,34)/t17-,18-,19+,24-/m0/s1. The molecule has 2 aromatic rings. The minimum absolute atomic E-state index is 0.0376. The molecule has 1 aromatic heterocycles. The first-order valence-corrected chi connectivity index (χ1v) is 12.4. The van der Waals surface area contributed by atoms with E-state index in [2.05, 4.69) is 15.3 Å². The normalized spacial score (nSPS) is 26.0. The van der Waals surface area contributed by atoms with Gasteiger partial charge in [-0.3, -0.25) is 9.69 Å². The van der Waals surface area contributed by atoms with Gasteiger partial charge in [-0.25, -0.2) is 14.4 Å².